The van der Waals surface area contributed by atoms with E-state index in [4.69, 9.17) is 10.5 Å². The van der Waals surface area contributed by atoms with Gasteiger partial charge in [-0.15, -0.1) is 0 Å². The number of rotatable bonds is 2. The van der Waals surface area contributed by atoms with E-state index in [1.165, 1.54) is 0 Å². The molecule has 0 atom stereocenters. The molecule has 0 saturated carbocycles. The Bertz CT molecular complexity index is 610. The van der Waals surface area contributed by atoms with Gasteiger partial charge in [0.05, 0.1) is 0 Å². The summed E-state index contributed by atoms with van der Waals surface area (Å²) in [5.41, 5.74) is 6.12. The Kier molecular flexibility index (Phi) is 3.14. The Labute approximate surface area is 106 Å². The molecule has 88 valence electrons. The first-order chi connectivity index (χ1) is 8.06. The normalized spacial score (nSPS) is 10.2. The Hall–Kier alpha value is -1.82. The highest BCUT2D eigenvalue weighted by Gasteiger charge is 2.09. The Morgan fingerprint density at radius 2 is 2.24 bits per heavy atom. The molecule has 0 aliphatic rings. The topological polar surface area (TPSA) is 81.0 Å². The Morgan fingerprint density at radius 1 is 1.47 bits per heavy atom. The highest BCUT2D eigenvalue weighted by atomic mass is 79.9. The average molecular weight is 296 g/mol. The zero-order chi connectivity index (χ0) is 12.4. The maximum absolute atomic E-state index is 11.4. The highest BCUT2D eigenvalue weighted by Crippen LogP contribution is 2.25. The second-order valence-corrected chi connectivity index (χ2v) is 4.28. The van der Waals surface area contributed by atoms with Gasteiger partial charge in [-0.3, -0.25) is 9.78 Å². The Morgan fingerprint density at radius 3 is 2.94 bits per heavy atom. The lowest BCUT2D eigenvalue weighted by Gasteiger charge is -2.07. The minimum atomic E-state index is -0.375. The molecular weight excluding hydrogens is 286 g/mol. The molecule has 1 heterocycles. The van der Waals surface area contributed by atoms with Crippen molar-refractivity contribution in [3.8, 4) is 11.6 Å². The van der Waals surface area contributed by atoms with Gasteiger partial charge in [-0.2, -0.15) is 4.98 Å². The maximum Gasteiger partial charge on any atom is 0.270 e. The summed E-state index contributed by atoms with van der Waals surface area (Å²) in [7, 11) is 0. The van der Waals surface area contributed by atoms with Crippen molar-refractivity contribution in [2.45, 2.75) is 6.92 Å². The molecule has 2 rings (SSSR count). The number of ether oxygens (including phenoxy) is 1. The van der Waals surface area contributed by atoms with E-state index < -0.39 is 0 Å². The first-order valence-electron chi connectivity index (χ1n) is 4.86. The number of aromatic amines is 1. The summed E-state index contributed by atoms with van der Waals surface area (Å²) >= 11 is 3.10. The molecule has 0 aliphatic heterocycles. The van der Waals surface area contributed by atoms with E-state index in [1.54, 1.807) is 6.07 Å². The number of anilines is 1. The first kappa shape index (κ1) is 11.7. The Balaban J connectivity index is 2.39. The molecule has 17 heavy (non-hydrogen) atoms. The number of nitrogens with one attached hydrogen (secondary N) is 1. The van der Waals surface area contributed by atoms with Crippen LogP contribution in [0.5, 0.6) is 11.6 Å². The van der Waals surface area contributed by atoms with E-state index in [0.717, 1.165) is 5.56 Å². The van der Waals surface area contributed by atoms with Crippen LogP contribution >= 0.6 is 15.9 Å². The van der Waals surface area contributed by atoms with Gasteiger partial charge in [0.2, 0.25) is 11.8 Å². The number of aryl methyl sites for hydroxylation is 1. The third kappa shape index (κ3) is 2.65. The van der Waals surface area contributed by atoms with Gasteiger partial charge in [-0.05, 0) is 40.5 Å². The number of benzene rings is 1. The fraction of sp³-hybridized carbons (Fsp3) is 0.0909. The summed E-state index contributed by atoms with van der Waals surface area (Å²) in [6, 6.07) is 7.42. The van der Waals surface area contributed by atoms with Crippen molar-refractivity contribution in [3.05, 3.63) is 44.7 Å². The van der Waals surface area contributed by atoms with Crippen molar-refractivity contribution >= 4 is 21.9 Å². The van der Waals surface area contributed by atoms with Crippen LogP contribution in [0.4, 0.5) is 5.95 Å². The van der Waals surface area contributed by atoms with Crippen LogP contribution in [0.2, 0.25) is 0 Å². The third-order valence-electron chi connectivity index (χ3n) is 2.05. The predicted molar refractivity (Wildman–Crippen MR) is 68.2 cm³/mol. The molecule has 1 aromatic heterocycles. The molecule has 0 saturated heterocycles. The lowest BCUT2D eigenvalue weighted by atomic mass is 10.2. The summed E-state index contributed by atoms with van der Waals surface area (Å²) in [5.74, 6) is 0.765. The fourth-order valence-corrected chi connectivity index (χ4v) is 1.58. The fourth-order valence-electron chi connectivity index (χ4n) is 1.31. The number of H-pyrrole nitrogens is 1. The molecule has 0 unspecified atom stereocenters. The maximum atomic E-state index is 11.4. The standard InChI is InChI=1S/C11H10BrN3O2/c1-6-3-2-4-7(5-6)17-10-8(12)9(16)14-11(13)15-10/h2-5H,1H3,(H3,13,14,15,16). The molecule has 0 spiro atoms. The summed E-state index contributed by atoms with van der Waals surface area (Å²) in [4.78, 5) is 17.7. The lowest BCUT2D eigenvalue weighted by molar-refractivity contribution is 0.458. The number of nitrogens with two attached hydrogens (primary N) is 1. The van der Waals surface area contributed by atoms with E-state index in [1.807, 2.05) is 25.1 Å². The minimum absolute atomic E-state index is 0.0147. The van der Waals surface area contributed by atoms with Crippen molar-refractivity contribution in [3.63, 3.8) is 0 Å². The third-order valence-corrected chi connectivity index (χ3v) is 2.75. The van der Waals surface area contributed by atoms with Crippen LogP contribution < -0.4 is 16.0 Å². The van der Waals surface area contributed by atoms with E-state index in [0.29, 0.717) is 5.75 Å². The van der Waals surface area contributed by atoms with Crippen molar-refractivity contribution < 1.29 is 4.74 Å². The first-order valence-corrected chi connectivity index (χ1v) is 5.65. The molecule has 6 heteroatoms. The van der Waals surface area contributed by atoms with Crippen LogP contribution in [0.15, 0.2) is 33.5 Å². The van der Waals surface area contributed by atoms with Crippen LogP contribution in [0.25, 0.3) is 0 Å². The molecule has 2 aromatic rings. The van der Waals surface area contributed by atoms with Crippen molar-refractivity contribution in [2.75, 3.05) is 5.73 Å². The zero-order valence-electron chi connectivity index (χ0n) is 9.03. The summed E-state index contributed by atoms with van der Waals surface area (Å²) in [5, 5.41) is 0. The number of hydrogen-bond acceptors (Lipinski definition) is 4. The number of halogens is 1. The predicted octanol–water partition coefficient (Wildman–Crippen LogP) is 2.22. The summed E-state index contributed by atoms with van der Waals surface area (Å²) < 4.78 is 5.71. The van der Waals surface area contributed by atoms with Gasteiger partial charge in [0.25, 0.3) is 5.56 Å². The van der Waals surface area contributed by atoms with Crippen molar-refractivity contribution in [1.82, 2.24) is 9.97 Å². The molecule has 0 fully saturated rings. The average Bonchev–Trinajstić information content (AvgIpc) is 2.25. The van der Waals surface area contributed by atoms with E-state index in [-0.39, 0.29) is 21.9 Å². The molecule has 0 radical (unpaired) electrons. The molecule has 5 nitrogen and oxygen atoms in total. The van der Waals surface area contributed by atoms with Crippen LogP contribution in [0.3, 0.4) is 0 Å². The van der Waals surface area contributed by atoms with Gasteiger partial charge >= 0.3 is 0 Å². The van der Waals surface area contributed by atoms with E-state index in [9.17, 15) is 4.79 Å². The minimum Gasteiger partial charge on any atom is -0.438 e. The van der Waals surface area contributed by atoms with E-state index >= 15 is 0 Å². The lowest BCUT2D eigenvalue weighted by Crippen LogP contribution is -2.12. The van der Waals surface area contributed by atoms with Gasteiger partial charge in [0.1, 0.15) is 10.2 Å². The van der Waals surface area contributed by atoms with Gasteiger partial charge in [-0.25, -0.2) is 0 Å². The molecule has 3 N–H and O–H groups in total. The molecule has 0 bridgehead atoms. The molecular formula is C11H10BrN3O2. The van der Waals surface area contributed by atoms with Crippen LogP contribution in [0, 0.1) is 6.92 Å². The van der Waals surface area contributed by atoms with Gasteiger partial charge in [-0.1, -0.05) is 12.1 Å². The highest BCUT2D eigenvalue weighted by molar-refractivity contribution is 9.10. The smallest absolute Gasteiger partial charge is 0.270 e. The number of nitrogens with zero attached hydrogens (tertiary/aromatic N) is 1. The molecule has 1 aromatic carbocycles. The van der Waals surface area contributed by atoms with Gasteiger partial charge in [0.15, 0.2) is 0 Å². The number of hydrogen-bond donors (Lipinski definition) is 2. The van der Waals surface area contributed by atoms with Crippen LogP contribution in [-0.2, 0) is 0 Å². The van der Waals surface area contributed by atoms with Gasteiger partial charge < -0.3 is 10.5 Å². The monoisotopic (exact) mass is 295 g/mol. The van der Waals surface area contributed by atoms with Crippen LogP contribution in [-0.4, -0.2) is 9.97 Å². The second-order valence-electron chi connectivity index (χ2n) is 3.49. The molecule has 0 amide bonds. The quantitative estimate of drug-likeness (QED) is 0.890. The van der Waals surface area contributed by atoms with E-state index in [2.05, 4.69) is 25.9 Å². The second kappa shape index (κ2) is 4.58. The zero-order valence-corrected chi connectivity index (χ0v) is 10.6. The van der Waals surface area contributed by atoms with Crippen molar-refractivity contribution in [2.24, 2.45) is 0 Å². The number of aromatic nitrogens is 2. The van der Waals surface area contributed by atoms with Crippen LogP contribution in [0.1, 0.15) is 5.56 Å². The van der Waals surface area contributed by atoms with Gasteiger partial charge in [0, 0.05) is 0 Å². The summed E-state index contributed by atoms with van der Waals surface area (Å²) in [6.45, 7) is 1.95. The van der Waals surface area contributed by atoms with Crippen molar-refractivity contribution in [1.29, 1.82) is 0 Å². The largest absolute Gasteiger partial charge is 0.438 e. The molecule has 0 aliphatic carbocycles. The summed E-state index contributed by atoms with van der Waals surface area (Å²) in [6.07, 6.45) is 0. The SMILES string of the molecule is Cc1cccc(Oc2nc(N)[nH]c(=O)c2Br)c1. The number of nitrogen functional groups attached to an aromatic ring is 1.